The van der Waals surface area contributed by atoms with Gasteiger partial charge in [0, 0.05) is 12.3 Å². The first-order valence-electron chi connectivity index (χ1n) is 7.92. The molecule has 0 aromatic heterocycles. The van der Waals surface area contributed by atoms with E-state index in [-0.39, 0.29) is 17.0 Å². The summed E-state index contributed by atoms with van der Waals surface area (Å²) in [6, 6.07) is 0. The first-order valence-corrected chi connectivity index (χ1v) is 7.92. The van der Waals surface area contributed by atoms with Gasteiger partial charge in [0.2, 0.25) is 0 Å². The highest BCUT2D eigenvalue weighted by molar-refractivity contribution is 5.66. The Hall–Kier alpha value is -0.530. The molecule has 2 bridgehead atoms. The molecule has 0 unspecified atom stereocenters. The topological polar surface area (TPSA) is 26.3 Å². The van der Waals surface area contributed by atoms with Gasteiger partial charge in [-0.05, 0) is 62.2 Å². The first kappa shape index (κ1) is 13.5. The molecule has 3 aliphatic rings. The maximum atomic E-state index is 11.6. The monoisotopic (exact) mass is 264 g/mol. The highest BCUT2D eigenvalue weighted by atomic mass is 16.6. The molecule has 0 aromatic carbocycles. The number of carbonyl (C=O) groups is 1. The van der Waals surface area contributed by atoms with E-state index in [1.54, 1.807) is 6.92 Å². The quantitative estimate of drug-likeness (QED) is 0.664. The van der Waals surface area contributed by atoms with Crippen LogP contribution in [0, 0.1) is 28.6 Å². The number of hydrogen-bond acceptors (Lipinski definition) is 2. The highest BCUT2D eigenvalue weighted by Gasteiger charge is 2.70. The lowest BCUT2D eigenvalue weighted by atomic mass is 9.63. The minimum Gasteiger partial charge on any atom is -0.459 e. The number of rotatable bonds is 1. The van der Waals surface area contributed by atoms with Crippen molar-refractivity contribution in [3.63, 3.8) is 0 Å². The average Bonchev–Trinajstić information content (AvgIpc) is 2.65. The molecule has 3 fully saturated rings. The number of fused-ring (bicyclic) bond motifs is 1. The van der Waals surface area contributed by atoms with Crippen LogP contribution in [-0.2, 0) is 9.53 Å². The zero-order chi connectivity index (χ0) is 14.1. The van der Waals surface area contributed by atoms with E-state index in [1.165, 1.54) is 25.7 Å². The van der Waals surface area contributed by atoms with Gasteiger partial charge in [-0.2, -0.15) is 0 Å². The lowest BCUT2D eigenvalue weighted by Gasteiger charge is -2.46. The van der Waals surface area contributed by atoms with E-state index in [2.05, 4.69) is 27.7 Å². The van der Waals surface area contributed by atoms with Crippen LogP contribution in [-0.4, -0.2) is 11.6 Å². The van der Waals surface area contributed by atoms with Crippen molar-refractivity contribution in [1.29, 1.82) is 0 Å². The molecule has 19 heavy (non-hydrogen) atoms. The molecule has 2 nitrogen and oxygen atoms in total. The van der Waals surface area contributed by atoms with E-state index in [9.17, 15) is 4.79 Å². The summed E-state index contributed by atoms with van der Waals surface area (Å²) >= 11 is 0. The lowest BCUT2D eigenvalue weighted by Crippen LogP contribution is -2.47. The van der Waals surface area contributed by atoms with Crippen LogP contribution < -0.4 is 0 Å². The van der Waals surface area contributed by atoms with Crippen LogP contribution in [0.4, 0.5) is 0 Å². The van der Waals surface area contributed by atoms with Gasteiger partial charge in [-0.25, -0.2) is 0 Å². The van der Waals surface area contributed by atoms with E-state index < -0.39 is 0 Å². The molecular weight excluding hydrogens is 236 g/mol. The van der Waals surface area contributed by atoms with Gasteiger partial charge < -0.3 is 4.74 Å². The number of carbonyl (C=O) groups excluding carboxylic acids is 1. The predicted octanol–water partition coefficient (Wildman–Crippen LogP) is 4.18. The molecule has 0 radical (unpaired) electrons. The van der Waals surface area contributed by atoms with Gasteiger partial charge in [-0.15, -0.1) is 0 Å². The number of esters is 1. The van der Waals surface area contributed by atoms with Gasteiger partial charge in [0.1, 0.15) is 5.60 Å². The summed E-state index contributed by atoms with van der Waals surface area (Å²) in [7, 11) is 0. The Labute approximate surface area is 117 Å². The van der Waals surface area contributed by atoms with Crippen LogP contribution in [0.1, 0.15) is 66.7 Å². The van der Waals surface area contributed by atoms with Crippen molar-refractivity contribution in [1.82, 2.24) is 0 Å². The van der Waals surface area contributed by atoms with Crippen LogP contribution in [0.25, 0.3) is 0 Å². The van der Waals surface area contributed by atoms with Crippen molar-refractivity contribution in [2.45, 2.75) is 72.3 Å². The third-order valence-electron chi connectivity index (χ3n) is 7.17. The molecule has 3 rings (SSSR count). The van der Waals surface area contributed by atoms with Gasteiger partial charge in [-0.3, -0.25) is 4.79 Å². The first-order chi connectivity index (χ1) is 8.73. The molecule has 5 atom stereocenters. The van der Waals surface area contributed by atoms with Crippen LogP contribution in [0.3, 0.4) is 0 Å². The van der Waals surface area contributed by atoms with Crippen molar-refractivity contribution in [2.24, 2.45) is 28.6 Å². The second-order valence-electron chi connectivity index (χ2n) is 8.22. The lowest BCUT2D eigenvalue weighted by molar-refractivity contribution is -0.172. The maximum absolute atomic E-state index is 11.6. The molecule has 0 amide bonds. The van der Waals surface area contributed by atoms with Crippen LogP contribution in [0.2, 0.25) is 0 Å². The average molecular weight is 264 g/mol. The van der Waals surface area contributed by atoms with Gasteiger partial charge >= 0.3 is 5.97 Å². The van der Waals surface area contributed by atoms with E-state index in [0.29, 0.717) is 5.41 Å². The SMILES string of the molecule is CC(=O)O[C@]1(C)CC[C@H]2C(C)(C)[C@H]3C[C@]21CC[C@H]3C. The fourth-order valence-electron chi connectivity index (χ4n) is 6.30. The van der Waals surface area contributed by atoms with Gasteiger partial charge in [-0.1, -0.05) is 20.8 Å². The molecule has 0 heterocycles. The molecule has 108 valence electrons. The molecule has 0 aromatic rings. The third-order valence-corrected chi connectivity index (χ3v) is 7.17. The van der Waals surface area contributed by atoms with Crippen molar-refractivity contribution >= 4 is 5.97 Å². The Morgan fingerprint density at radius 3 is 2.47 bits per heavy atom. The Morgan fingerprint density at radius 2 is 1.84 bits per heavy atom. The zero-order valence-corrected chi connectivity index (χ0v) is 13.1. The fourth-order valence-corrected chi connectivity index (χ4v) is 6.30. The predicted molar refractivity (Wildman–Crippen MR) is 75.6 cm³/mol. The van der Waals surface area contributed by atoms with Gasteiger partial charge in [0.05, 0.1) is 0 Å². The summed E-state index contributed by atoms with van der Waals surface area (Å²) < 4.78 is 5.88. The standard InChI is InChI=1S/C17H28O2/c1-11-6-9-17-10-13(11)15(3,4)14(17)7-8-16(17,5)19-12(2)18/h11,13-14H,6-10H2,1-5H3/t11-,13+,14+,16-,17-/m1/s1. The largest absolute Gasteiger partial charge is 0.459 e. The fraction of sp³-hybridized carbons (Fsp3) is 0.941. The zero-order valence-electron chi connectivity index (χ0n) is 13.1. The van der Waals surface area contributed by atoms with E-state index >= 15 is 0 Å². The summed E-state index contributed by atoms with van der Waals surface area (Å²) in [6.45, 7) is 11.1. The van der Waals surface area contributed by atoms with Gasteiger partial charge in [0.25, 0.3) is 0 Å². The normalized spacial score (nSPS) is 50.9. The Kier molecular flexibility index (Phi) is 2.67. The summed E-state index contributed by atoms with van der Waals surface area (Å²) in [4.78, 5) is 11.6. The molecule has 0 saturated heterocycles. The van der Waals surface area contributed by atoms with Crippen molar-refractivity contribution < 1.29 is 9.53 Å². The summed E-state index contributed by atoms with van der Waals surface area (Å²) in [5.74, 6) is 2.27. The molecular formula is C17H28O2. The minimum absolute atomic E-state index is 0.0996. The maximum Gasteiger partial charge on any atom is 0.303 e. The molecule has 2 heteroatoms. The molecule has 0 N–H and O–H groups in total. The second kappa shape index (κ2) is 3.77. The smallest absolute Gasteiger partial charge is 0.303 e. The van der Waals surface area contributed by atoms with Crippen LogP contribution in [0.5, 0.6) is 0 Å². The Balaban J connectivity index is 2.02. The number of hydrogen-bond donors (Lipinski definition) is 0. The van der Waals surface area contributed by atoms with Crippen LogP contribution >= 0.6 is 0 Å². The van der Waals surface area contributed by atoms with Crippen LogP contribution in [0.15, 0.2) is 0 Å². The summed E-state index contributed by atoms with van der Waals surface area (Å²) in [6.07, 6.45) is 6.13. The van der Waals surface area contributed by atoms with Crippen molar-refractivity contribution in [3.05, 3.63) is 0 Å². The van der Waals surface area contributed by atoms with E-state index in [0.717, 1.165) is 24.2 Å². The van der Waals surface area contributed by atoms with Crippen molar-refractivity contribution in [2.75, 3.05) is 0 Å². The van der Waals surface area contributed by atoms with Crippen molar-refractivity contribution in [3.8, 4) is 0 Å². The molecule has 0 aliphatic heterocycles. The Bertz CT molecular complexity index is 413. The highest BCUT2D eigenvalue weighted by Crippen LogP contribution is 2.74. The second-order valence-corrected chi connectivity index (χ2v) is 8.22. The molecule has 3 aliphatic carbocycles. The third kappa shape index (κ3) is 1.52. The molecule has 3 saturated carbocycles. The van der Waals surface area contributed by atoms with E-state index in [1.807, 2.05) is 0 Å². The number of ether oxygens (including phenoxy) is 1. The van der Waals surface area contributed by atoms with E-state index in [4.69, 9.17) is 4.74 Å². The summed E-state index contributed by atoms with van der Waals surface area (Å²) in [5.41, 5.74) is 0.461. The minimum atomic E-state index is -0.213. The Morgan fingerprint density at radius 1 is 1.16 bits per heavy atom. The summed E-state index contributed by atoms with van der Waals surface area (Å²) in [5, 5.41) is 0. The van der Waals surface area contributed by atoms with Gasteiger partial charge in [0.15, 0.2) is 0 Å². The molecule has 1 spiro atoms.